The molecule has 1 aromatic rings. The second kappa shape index (κ2) is 5.31. The van der Waals surface area contributed by atoms with Gasteiger partial charge in [0.05, 0.1) is 6.54 Å². The molecule has 0 bridgehead atoms. The molecule has 6 heteroatoms. The van der Waals surface area contributed by atoms with Crippen molar-refractivity contribution in [1.82, 2.24) is 0 Å². The van der Waals surface area contributed by atoms with E-state index < -0.39 is 11.5 Å². The third-order valence-corrected chi connectivity index (χ3v) is 1.92. The van der Waals surface area contributed by atoms with Gasteiger partial charge in [-0.1, -0.05) is 23.7 Å². The first-order valence-corrected chi connectivity index (χ1v) is 4.61. The first-order valence-electron chi connectivity index (χ1n) is 4.23. The van der Waals surface area contributed by atoms with Crippen LogP contribution in [0.2, 0.25) is 5.02 Å². The van der Waals surface area contributed by atoms with Crippen LogP contribution in [0.15, 0.2) is 29.3 Å². The Labute approximate surface area is 91.7 Å². The van der Waals surface area contributed by atoms with Crippen molar-refractivity contribution in [2.75, 3.05) is 6.54 Å². The van der Waals surface area contributed by atoms with E-state index in [-0.39, 0.29) is 5.84 Å². The summed E-state index contributed by atoms with van der Waals surface area (Å²) < 4.78 is 0. The fourth-order valence-electron chi connectivity index (χ4n) is 0.965. The van der Waals surface area contributed by atoms with Gasteiger partial charge in [0, 0.05) is 9.95 Å². The van der Waals surface area contributed by atoms with Crippen molar-refractivity contribution in [1.29, 1.82) is 0 Å². The Morgan fingerprint density at radius 3 is 2.60 bits per heavy atom. The van der Waals surface area contributed by atoms with Crippen LogP contribution in [-0.2, 0) is 6.54 Å². The molecule has 1 rings (SSSR count). The van der Waals surface area contributed by atoms with Crippen LogP contribution in [0.5, 0.6) is 0 Å². The maximum absolute atomic E-state index is 10.1. The number of nitro groups is 1. The molecule has 0 saturated carbocycles. The van der Waals surface area contributed by atoms with Crippen molar-refractivity contribution >= 4 is 17.4 Å². The summed E-state index contributed by atoms with van der Waals surface area (Å²) in [6.07, 6.45) is 0. The summed E-state index contributed by atoms with van der Waals surface area (Å²) in [4.78, 5) is 13.5. The van der Waals surface area contributed by atoms with Crippen LogP contribution in [0.4, 0.5) is 0 Å². The molecule has 0 aliphatic rings. The molecule has 0 saturated heterocycles. The number of amidine groups is 1. The SMILES string of the molecule is NC(C[N+](=O)[O-])=NCc1ccc(Cl)cc1. The lowest BCUT2D eigenvalue weighted by molar-refractivity contribution is -0.463. The number of hydrogen-bond donors (Lipinski definition) is 1. The summed E-state index contributed by atoms with van der Waals surface area (Å²) >= 11 is 5.69. The van der Waals surface area contributed by atoms with Crippen molar-refractivity contribution in [3.8, 4) is 0 Å². The second-order valence-corrected chi connectivity index (χ2v) is 3.36. The largest absolute Gasteiger partial charge is 0.382 e. The normalized spacial score (nSPS) is 11.4. The zero-order valence-electron chi connectivity index (χ0n) is 7.89. The van der Waals surface area contributed by atoms with Gasteiger partial charge < -0.3 is 5.73 Å². The fourth-order valence-corrected chi connectivity index (χ4v) is 1.09. The summed E-state index contributed by atoms with van der Waals surface area (Å²) in [7, 11) is 0. The van der Waals surface area contributed by atoms with E-state index >= 15 is 0 Å². The molecule has 1 aromatic carbocycles. The molecule has 0 heterocycles. The van der Waals surface area contributed by atoms with Gasteiger partial charge in [0.25, 0.3) is 6.54 Å². The third-order valence-electron chi connectivity index (χ3n) is 1.67. The first-order chi connectivity index (χ1) is 7.08. The average Bonchev–Trinajstić information content (AvgIpc) is 2.16. The number of nitrogens with zero attached hydrogens (tertiary/aromatic N) is 2. The van der Waals surface area contributed by atoms with Crippen LogP contribution >= 0.6 is 11.6 Å². The van der Waals surface area contributed by atoms with E-state index in [4.69, 9.17) is 17.3 Å². The number of halogens is 1. The van der Waals surface area contributed by atoms with E-state index in [1.165, 1.54) is 0 Å². The van der Waals surface area contributed by atoms with E-state index in [2.05, 4.69) is 4.99 Å². The molecular formula is C9H10ClN3O2. The van der Waals surface area contributed by atoms with Crippen LogP contribution in [0.3, 0.4) is 0 Å². The predicted molar refractivity (Wildman–Crippen MR) is 58.6 cm³/mol. The summed E-state index contributed by atoms with van der Waals surface area (Å²) in [6, 6.07) is 7.06. The van der Waals surface area contributed by atoms with Gasteiger partial charge in [-0.2, -0.15) is 0 Å². The van der Waals surface area contributed by atoms with Crippen molar-refractivity contribution in [2.24, 2.45) is 10.7 Å². The molecule has 80 valence electrons. The average molecular weight is 228 g/mol. The Morgan fingerprint density at radius 1 is 1.47 bits per heavy atom. The number of aliphatic imine (C=N–C) groups is 1. The molecule has 0 atom stereocenters. The highest BCUT2D eigenvalue weighted by atomic mass is 35.5. The lowest BCUT2D eigenvalue weighted by Crippen LogP contribution is -2.22. The molecular weight excluding hydrogens is 218 g/mol. The quantitative estimate of drug-likeness (QED) is 0.366. The van der Waals surface area contributed by atoms with Gasteiger partial charge in [-0.05, 0) is 17.7 Å². The number of nitrogens with two attached hydrogens (primary N) is 1. The Morgan fingerprint density at radius 2 is 2.07 bits per heavy atom. The highest BCUT2D eigenvalue weighted by Crippen LogP contribution is 2.09. The van der Waals surface area contributed by atoms with Crippen LogP contribution in [0, 0.1) is 10.1 Å². The fraction of sp³-hybridized carbons (Fsp3) is 0.222. The van der Waals surface area contributed by atoms with Crippen LogP contribution in [0.1, 0.15) is 5.56 Å². The van der Waals surface area contributed by atoms with Gasteiger partial charge in [0.15, 0.2) is 5.84 Å². The molecule has 0 radical (unpaired) electrons. The Bertz CT molecular complexity index is 375. The minimum atomic E-state index is -0.513. The van der Waals surface area contributed by atoms with Gasteiger partial charge in [-0.15, -0.1) is 0 Å². The minimum Gasteiger partial charge on any atom is -0.382 e. The van der Waals surface area contributed by atoms with E-state index in [9.17, 15) is 10.1 Å². The maximum Gasteiger partial charge on any atom is 0.259 e. The second-order valence-electron chi connectivity index (χ2n) is 2.92. The van der Waals surface area contributed by atoms with E-state index in [1.54, 1.807) is 24.3 Å². The highest BCUT2D eigenvalue weighted by molar-refractivity contribution is 6.30. The van der Waals surface area contributed by atoms with Crippen LogP contribution in [-0.4, -0.2) is 17.3 Å². The van der Waals surface area contributed by atoms with E-state index in [0.717, 1.165) is 5.56 Å². The van der Waals surface area contributed by atoms with Crippen molar-refractivity contribution < 1.29 is 4.92 Å². The molecule has 2 N–H and O–H groups in total. The topological polar surface area (TPSA) is 81.5 Å². The van der Waals surface area contributed by atoms with Crippen LogP contribution in [0.25, 0.3) is 0 Å². The van der Waals surface area contributed by atoms with Gasteiger partial charge in [-0.25, -0.2) is 0 Å². The zero-order valence-corrected chi connectivity index (χ0v) is 8.65. The molecule has 0 aliphatic carbocycles. The summed E-state index contributed by atoms with van der Waals surface area (Å²) in [6.45, 7) is -0.0928. The number of hydrogen-bond acceptors (Lipinski definition) is 3. The maximum atomic E-state index is 10.1. The predicted octanol–water partition coefficient (Wildman–Crippen LogP) is 1.47. The monoisotopic (exact) mass is 227 g/mol. The third kappa shape index (κ3) is 4.42. The summed E-state index contributed by atoms with van der Waals surface area (Å²) in [5, 5.41) is 10.7. The standard InChI is InChI=1S/C9H10ClN3O2/c10-8-3-1-7(2-4-8)5-12-9(11)6-13(14)15/h1-4H,5-6H2,(H2,11,12). The molecule has 0 amide bonds. The van der Waals surface area contributed by atoms with Crippen molar-refractivity contribution in [2.45, 2.75) is 6.54 Å². The number of benzene rings is 1. The van der Waals surface area contributed by atoms with E-state index in [1.807, 2.05) is 0 Å². The highest BCUT2D eigenvalue weighted by Gasteiger charge is 2.01. The minimum absolute atomic E-state index is 0.0231. The molecule has 15 heavy (non-hydrogen) atoms. The molecule has 0 aliphatic heterocycles. The van der Waals surface area contributed by atoms with Gasteiger partial charge in [0.1, 0.15) is 0 Å². The lowest BCUT2D eigenvalue weighted by Gasteiger charge is -1.97. The zero-order chi connectivity index (χ0) is 11.3. The summed E-state index contributed by atoms with van der Waals surface area (Å²) in [5.74, 6) is 0.0231. The molecule has 0 aromatic heterocycles. The molecule has 0 spiro atoms. The number of rotatable bonds is 4. The van der Waals surface area contributed by atoms with E-state index in [0.29, 0.717) is 11.6 Å². The first kappa shape index (κ1) is 11.5. The van der Waals surface area contributed by atoms with Gasteiger partial charge in [0.2, 0.25) is 0 Å². The molecule has 0 unspecified atom stereocenters. The molecule has 0 fully saturated rings. The lowest BCUT2D eigenvalue weighted by atomic mass is 10.2. The van der Waals surface area contributed by atoms with Gasteiger partial charge >= 0.3 is 0 Å². The summed E-state index contributed by atoms with van der Waals surface area (Å²) in [5.41, 5.74) is 6.24. The Kier molecular flexibility index (Phi) is 4.05. The van der Waals surface area contributed by atoms with Crippen molar-refractivity contribution in [3.63, 3.8) is 0 Å². The van der Waals surface area contributed by atoms with Gasteiger partial charge in [-0.3, -0.25) is 15.1 Å². The van der Waals surface area contributed by atoms with Crippen molar-refractivity contribution in [3.05, 3.63) is 45.0 Å². The van der Waals surface area contributed by atoms with Crippen LogP contribution < -0.4 is 5.73 Å². The Hall–Kier alpha value is -1.62. The molecule has 5 nitrogen and oxygen atoms in total. The smallest absolute Gasteiger partial charge is 0.259 e. The Balaban J connectivity index is 2.55.